The van der Waals surface area contributed by atoms with Gasteiger partial charge < -0.3 is 11.1 Å². The molecule has 0 aromatic heterocycles. The maximum absolute atomic E-state index is 12.4. The number of nitrogens with two attached hydrogens (primary N) is 1. The van der Waals surface area contributed by atoms with E-state index in [2.05, 4.69) is 10.2 Å². The summed E-state index contributed by atoms with van der Waals surface area (Å²) in [4.78, 5) is 14.6. The summed E-state index contributed by atoms with van der Waals surface area (Å²) >= 11 is 6.10. The first kappa shape index (κ1) is 16.1. The van der Waals surface area contributed by atoms with Crippen molar-refractivity contribution in [1.29, 1.82) is 0 Å². The maximum Gasteiger partial charge on any atom is 0.241 e. The zero-order valence-electron chi connectivity index (χ0n) is 12.7. The maximum atomic E-state index is 12.4. The lowest BCUT2D eigenvalue weighted by Crippen LogP contribution is -2.46. The molecule has 4 nitrogen and oxygen atoms in total. The molecule has 0 saturated heterocycles. The average molecular weight is 310 g/mol. The van der Waals surface area contributed by atoms with Crippen LogP contribution in [0.3, 0.4) is 0 Å². The second kappa shape index (κ2) is 7.14. The Balaban J connectivity index is 1.98. The van der Waals surface area contributed by atoms with E-state index in [1.54, 1.807) is 18.2 Å². The van der Waals surface area contributed by atoms with Crippen LogP contribution in [0.4, 0.5) is 11.4 Å². The van der Waals surface area contributed by atoms with Gasteiger partial charge in [-0.05, 0) is 45.0 Å². The predicted octanol–water partition coefficient (Wildman–Crippen LogP) is 3.51. The van der Waals surface area contributed by atoms with Crippen molar-refractivity contribution in [3.05, 3.63) is 23.2 Å². The Morgan fingerprint density at radius 1 is 1.38 bits per heavy atom. The first-order valence-corrected chi connectivity index (χ1v) is 7.94. The summed E-state index contributed by atoms with van der Waals surface area (Å²) in [6, 6.07) is 5.44. The van der Waals surface area contributed by atoms with E-state index >= 15 is 0 Å². The second-order valence-electron chi connectivity index (χ2n) is 5.86. The van der Waals surface area contributed by atoms with Gasteiger partial charge in [0, 0.05) is 11.7 Å². The van der Waals surface area contributed by atoms with E-state index in [-0.39, 0.29) is 11.9 Å². The van der Waals surface area contributed by atoms with E-state index in [1.807, 2.05) is 14.0 Å². The molecule has 1 aliphatic carbocycles. The first-order valence-electron chi connectivity index (χ1n) is 7.57. The summed E-state index contributed by atoms with van der Waals surface area (Å²) in [6.45, 7) is 1.94. The number of halogens is 1. The Labute approximate surface area is 131 Å². The van der Waals surface area contributed by atoms with Crippen LogP contribution in [0.1, 0.15) is 39.0 Å². The first-order chi connectivity index (χ1) is 9.99. The van der Waals surface area contributed by atoms with Crippen LogP contribution in [0.25, 0.3) is 0 Å². The fraction of sp³-hybridized carbons (Fsp3) is 0.562. The van der Waals surface area contributed by atoms with E-state index in [4.69, 9.17) is 17.3 Å². The van der Waals surface area contributed by atoms with Crippen LogP contribution in [0, 0.1) is 0 Å². The van der Waals surface area contributed by atoms with Gasteiger partial charge in [-0.15, -0.1) is 0 Å². The molecular weight excluding hydrogens is 286 g/mol. The van der Waals surface area contributed by atoms with Gasteiger partial charge in [0.1, 0.15) is 0 Å². The van der Waals surface area contributed by atoms with Gasteiger partial charge in [-0.2, -0.15) is 0 Å². The van der Waals surface area contributed by atoms with Crippen molar-refractivity contribution in [1.82, 2.24) is 4.90 Å². The van der Waals surface area contributed by atoms with Crippen molar-refractivity contribution in [3.63, 3.8) is 0 Å². The van der Waals surface area contributed by atoms with Crippen LogP contribution < -0.4 is 11.1 Å². The normalized spacial score (nSPS) is 17.7. The third-order valence-electron chi connectivity index (χ3n) is 4.39. The fourth-order valence-corrected chi connectivity index (χ4v) is 3.10. The van der Waals surface area contributed by atoms with Crippen molar-refractivity contribution in [3.8, 4) is 0 Å². The highest BCUT2D eigenvalue weighted by Crippen LogP contribution is 2.26. The molecule has 0 heterocycles. The molecule has 1 aliphatic rings. The molecule has 2 rings (SSSR count). The molecule has 21 heavy (non-hydrogen) atoms. The number of nitrogen functional groups attached to an aromatic ring is 1. The zero-order valence-corrected chi connectivity index (χ0v) is 13.5. The molecule has 1 fully saturated rings. The van der Waals surface area contributed by atoms with Crippen LogP contribution >= 0.6 is 11.6 Å². The van der Waals surface area contributed by atoms with Gasteiger partial charge in [-0.25, -0.2) is 0 Å². The summed E-state index contributed by atoms with van der Waals surface area (Å²) in [7, 11) is 2.03. The molecule has 1 aromatic rings. The van der Waals surface area contributed by atoms with E-state index in [9.17, 15) is 4.79 Å². The van der Waals surface area contributed by atoms with E-state index in [1.165, 1.54) is 32.1 Å². The largest absolute Gasteiger partial charge is 0.399 e. The minimum atomic E-state index is -0.179. The number of carbonyl (C=O) groups is 1. The summed E-state index contributed by atoms with van der Waals surface area (Å²) in [5.41, 5.74) is 6.86. The third-order valence-corrected chi connectivity index (χ3v) is 4.70. The SMILES string of the molecule is CC(C(=O)Nc1ccc(N)cc1Cl)N(C)C1CCCCC1. The van der Waals surface area contributed by atoms with Crippen molar-refractivity contribution in [2.75, 3.05) is 18.1 Å². The lowest BCUT2D eigenvalue weighted by molar-refractivity contribution is -0.121. The van der Waals surface area contributed by atoms with Gasteiger partial charge in [0.15, 0.2) is 0 Å². The Kier molecular flexibility index (Phi) is 5.48. The van der Waals surface area contributed by atoms with Crippen molar-refractivity contribution < 1.29 is 4.79 Å². The van der Waals surface area contributed by atoms with Gasteiger partial charge in [-0.1, -0.05) is 30.9 Å². The fourth-order valence-electron chi connectivity index (χ4n) is 2.86. The summed E-state index contributed by atoms with van der Waals surface area (Å²) in [6.07, 6.45) is 6.18. The Hall–Kier alpha value is -1.26. The summed E-state index contributed by atoms with van der Waals surface area (Å²) in [5, 5.41) is 3.36. The number of hydrogen-bond acceptors (Lipinski definition) is 3. The summed E-state index contributed by atoms with van der Waals surface area (Å²) in [5.74, 6) is -0.0326. The second-order valence-corrected chi connectivity index (χ2v) is 6.27. The Bertz CT molecular complexity index is 500. The number of nitrogens with one attached hydrogen (secondary N) is 1. The monoisotopic (exact) mass is 309 g/mol. The molecule has 1 amide bonds. The molecule has 1 unspecified atom stereocenters. The average Bonchev–Trinajstić information content (AvgIpc) is 2.49. The quantitative estimate of drug-likeness (QED) is 0.837. The molecule has 116 valence electrons. The third kappa shape index (κ3) is 4.11. The highest BCUT2D eigenvalue weighted by atomic mass is 35.5. The molecule has 0 radical (unpaired) electrons. The van der Waals surface area contributed by atoms with Gasteiger partial charge in [-0.3, -0.25) is 9.69 Å². The minimum absolute atomic E-state index is 0.0326. The van der Waals surface area contributed by atoms with Crippen molar-refractivity contribution >= 4 is 28.9 Å². The van der Waals surface area contributed by atoms with Crippen molar-refractivity contribution in [2.45, 2.75) is 51.1 Å². The van der Waals surface area contributed by atoms with Crippen LogP contribution in [0.15, 0.2) is 18.2 Å². The lowest BCUT2D eigenvalue weighted by Gasteiger charge is -2.34. The molecule has 1 atom stereocenters. The van der Waals surface area contributed by atoms with Gasteiger partial charge >= 0.3 is 0 Å². The smallest absolute Gasteiger partial charge is 0.241 e. The van der Waals surface area contributed by atoms with E-state index in [0.29, 0.717) is 22.4 Å². The van der Waals surface area contributed by atoms with Crippen LogP contribution in [-0.2, 0) is 4.79 Å². The molecule has 0 spiro atoms. The van der Waals surface area contributed by atoms with Crippen LogP contribution in [-0.4, -0.2) is 29.9 Å². The topological polar surface area (TPSA) is 58.4 Å². The number of likely N-dealkylation sites (N-methyl/N-ethyl adjacent to an activating group) is 1. The number of hydrogen-bond donors (Lipinski definition) is 2. The summed E-state index contributed by atoms with van der Waals surface area (Å²) < 4.78 is 0. The van der Waals surface area contributed by atoms with Crippen LogP contribution in [0.2, 0.25) is 5.02 Å². The molecule has 5 heteroatoms. The van der Waals surface area contributed by atoms with Gasteiger partial charge in [0.2, 0.25) is 5.91 Å². The van der Waals surface area contributed by atoms with E-state index in [0.717, 1.165) is 0 Å². The highest BCUT2D eigenvalue weighted by molar-refractivity contribution is 6.34. The number of benzene rings is 1. The van der Waals surface area contributed by atoms with Gasteiger partial charge in [0.05, 0.1) is 16.8 Å². The minimum Gasteiger partial charge on any atom is -0.399 e. The lowest BCUT2D eigenvalue weighted by atomic mass is 9.93. The number of anilines is 2. The van der Waals surface area contributed by atoms with E-state index < -0.39 is 0 Å². The Morgan fingerprint density at radius 2 is 2.05 bits per heavy atom. The molecule has 1 saturated carbocycles. The molecular formula is C16H24ClN3O. The van der Waals surface area contributed by atoms with Gasteiger partial charge in [0.25, 0.3) is 0 Å². The highest BCUT2D eigenvalue weighted by Gasteiger charge is 2.26. The molecule has 0 aliphatic heterocycles. The molecule has 0 bridgehead atoms. The number of carbonyl (C=O) groups excluding carboxylic acids is 1. The van der Waals surface area contributed by atoms with Crippen LogP contribution in [0.5, 0.6) is 0 Å². The Morgan fingerprint density at radius 3 is 2.67 bits per heavy atom. The van der Waals surface area contributed by atoms with Crippen molar-refractivity contribution in [2.24, 2.45) is 0 Å². The number of rotatable bonds is 4. The number of nitrogens with zero attached hydrogens (tertiary/aromatic N) is 1. The standard InChI is InChI=1S/C16H24ClN3O/c1-11(20(2)13-6-4-3-5-7-13)16(21)19-15-9-8-12(18)10-14(15)17/h8-11,13H,3-7,18H2,1-2H3,(H,19,21). The number of amides is 1. The predicted molar refractivity (Wildman–Crippen MR) is 88.6 cm³/mol. The molecule has 1 aromatic carbocycles. The zero-order chi connectivity index (χ0) is 15.4. The molecule has 3 N–H and O–H groups in total.